The van der Waals surface area contributed by atoms with E-state index in [1.165, 1.54) is 18.2 Å². The van der Waals surface area contributed by atoms with Crippen LogP contribution in [0, 0.1) is 5.82 Å². The molecule has 3 rings (SSSR count). The highest BCUT2D eigenvalue weighted by molar-refractivity contribution is 6.31. The minimum Gasteiger partial charge on any atom is -0.492 e. The first-order valence-corrected chi connectivity index (χ1v) is 10.7. The molecule has 1 amide bonds. The number of carbonyl (C=O) groups is 1. The molecule has 2 aromatic carbocycles. The third-order valence-corrected chi connectivity index (χ3v) is 5.73. The molecule has 1 aliphatic rings. The lowest BCUT2D eigenvalue weighted by molar-refractivity contribution is 0.0433. The molecule has 1 aliphatic heterocycles. The molecule has 0 radical (unpaired) electrons. The Morgan fingerprint density at radius 2 is 1.97 bits per heavy atom. The second kappa shape index (κ2) is 10.3. The van der Waals surface area contributed by atoms with Gasteiger partial charge in [0.05, 0.1) is 5.02 Å². The van der Waals surface area contributed by atoms with E-state index in [1.807, 2.05) is 43.3 Å². The van der Waals surface area contributed by atoms with E-state index in [0.29, 0.717) is 31.8 Å². The van der Waals surface area contributed by atoms with Crippen LogP contribution in [0.25, 0.3) is 0 Å². The summed E-state index contributed by atoms with van der Waals surface area (Å²) in [5.74, 6) is -0.0546. The van der Waals surface area contributed by atoms with E-state index in [2.05, 4.69) is 5.32 Å². The summed E-state index contributed by atoms with van der Waals surface area (Å²) < 4.78 is 34.1. The number of anilines is 1. The van der Waals surface area contributed by atoms with Gasteiger partial charge in [-0.2, -0.15) is 0 Å². The van der Waals surface area contributed by atoms with Crippen LogP contribution in [-0.2, 0) is 0 Å². The van der Waals surface area contributed by atoms with Crippen molar-refractivity contribution in [3.05, 3.63) is 58.9 Å². The van der Waals surface area contributed by atoms with Crippen LogP contribution >= 0.6 is 11.6 Å². The lowest BCUT2D eigenvalue weighted by Gasteiger charge is -2.36. The summed E-state index contributed by atoms with van der Waals surface area (Å²) >= 11 is 5.76. The molecule has 1 heterocycles. The van der Waals surface area contributed by atoms with Crippen LogP contribution < -0.4 is 15.0 Å². The molecule has 0 spiro atoms. The van der Waals surface area contributed by atoms with Gasteiger partial charge in [0, 0.05) is 70.4 Å². The summed E-state index contributed by atoms with van der Waals surface area (Å²) in [6.07, 6.45) is 0.485. The number of rotatable bonds is 8. The minimum atomic E-state index is -1.37. The quantitative estimate of drug-likeness (QED) is 0.612. The fourth-order valence-electron chi connectivity index (χ4n) is 3.50. The van der Waals surface area contributed by atoms with Crippen molar-refractivity contribution in [2.75, 3.05) is 51.8 Å². The molecule has 0 atom stereocenters. The number of likely N-dealkylation sites (tertiary alicyclic amines) is 1. The van der Waals surface area contributed by atoms with Gasteiger partial charge in [-0.1, -0.05) is 17.7 Å². The number of hydrogen-bond donors (Lipinski definition) is 1. The third kappa shape index (κ3) is 6.31. The van der Waals surface area contributed by atoms with E-state index in [4.69, 9.17) is 16.3 Å². The van der Waals surface area contributed by atoms with Gasteiger partial charge < -0.3 is 19.9 Å². The maximum absolute atomic E-state index is 15.1. The molecular formula is C23H28ClF2N3O2. The van der Waals surface area contributed by atoms with Gasteiger partial charge in [-0.25, -0.2) is 8.78 Å². The van der Waals surface area contributed by atoms with E-state index < -0.39 is 11.5 Å². The summed E-state index contributed by atoms with van der Waals surface area (Å²) in [5, 5.41) is 3.02. The Morgan fingerprint density at radius 3 is 2.65 bits per heavy atom. The number of hydrogen-bond acceptors (Lipinski definition) is 4. The molecule has 5 nitrogen and oxygen atoms in total. The van der Waals surface area contributed by atoms with Crippen molar-refractivity contribution in [2.24, 2.45) is 0 Å². The Hall–Kier alpha value is -2.38. The number of carbonyl (C=O) groups excluding carboxylic acids is 1. The molecule has 0 aromatic heterocycles. The van der Waals surface area contributed by atoms with Gasteiger partial charge in [0.1, 0.15) is 23.8 Å². The van der Waals surface area contributed by atoms with Gasteiger partial charge in [0.2, 0.25) is 0 Å². The molecule has 0 unspecified atom stereocenters. The van der Waals surface area contributed by atoms with Gasteiger partial charge in [0.15, 0.2) is 0 Å². The Balaban J connectivity index is 1.40. The van der Waals surface area contributed by atoms with Crippen molar-refractivity contribution in [3.63, 3.8) is 0 Å². The maximum Gasteiger partial charge on any atom is 0.253 e. The van der Waals surface area contributed by atoms with E-state index in [1.54, 1.807) is 4.90 Å². The Morgan fingerprint density at radius 1 is 1.23 bits per heavy atom. The zero-order chi connectivity index (χ0) is 22.4. The van der Waals surface area contributed by atoms with Crippen molar-refractivity contribution in [2.45, 2.75) is 18.5 Å². The number of alkyl halides is 1. The molecule has 0 aliphatic carbocycles. The number of nitrogens with one attached hydrogen (secondary N) is 1. The highest BCUT2D eigenvalue weighted by Crippen LogP contribution is 2.27. The monoisotopic (exact) mass is 451 g/mol. The van der Waals surface area contributed by atoms with Crippen LogP contribution in [0.15, 0.2) is 42.5 Å². The van der Waals surface area contributed by atoms with Crippen molar-refractivity contribution < 1.29 is 18.3 Å². The van der Waals surface area contributed by atoms with Gasteiger partial charge in [-0.05, 0) is 30.3 Å². The van der Waals surface area contributed by atoms with Gasteiger partial charge in [-0.15, -0.1) is 0 Å². The normalized spacial score (nSPS) is 15.6. The van der Waals surface area contributed by atoms with E-state index in [0.717, 1.165) is 11.4 Å². The van der Waals surface area contributed by atoms with Crippen LogP contribution in [0.3, 0.4) is 0 Å². The van der Waals surface area contributed by atoms with Crippen LogP contribution in [0.4, 0.5) is 14.5 Å². The highest BCUT2D eigenvalue weighted by Gasteiger charge is 2.35. The molecule has 1 fully saturated rings. The smallest absolute Gasteiger partial charge is 0.253 e. The first kappa shape index (κ1) is 23.3. The van der Waals surface area contributed by atoms with Crippen LogP contribution in [-0.4, -0.2) is 63.4 Å². The van der Waals surface area contributed by atoms with Crippen molar-refractivity contribution >= 4 is 23.2 Å². The fraction of sp³-hybridized carbons (Fsp3) is 0.435. The molecule has 1 N–H and O–H groups in total. The van der Waals surface area contributed by atoms with Crippen molar-refractivity contribution in [3.8, 4) is 5.75 Å². The zero-order valence-electron chi connectivity index (χ0n) is 17.8. The highest BCUT2D eigenvalue weighted by atomic mass is 35.5. The summed E-state index contributed by atoms with van der Waals surface area (Å²) in [6.45, 7) is 1.77. The average molecular weight is 452 g/mol. The summed E-state index contributed by atoms with van der Waals surface area (Å²) in [7, 11) is 3.93. The molecular weight excluding hydrogens is 424 g/mol. The Kier molecular flexibility index (Phi) is 7.73. The first-order valence-electron chi connectivity index (χ1n) is 10.3. The molecule has 2 aromatic rings. The summed E-state index contributed by atoms with van der Waals surface area (Å²) in [4.78, 5) is 16.1. The predicted octanol–water partition coefficient (Wildman–Crippen LogP) is 4.16. The SMILES string of the molecule is CN(C)c1cccc(OCCNCC2(F)CCN(C(=O)c3ccc(F)c(Cl)c3)CC2)c1. The van der Waals surface area contributed by atoms with Gasteiger partial charge >= 0.3 is 0 Å². The summed E-state index contributed by atoms with van der Waals surface area (Å²) in [6, 6.07) is 11.7. The number of amides is 1. The van der Waals surface area contributed by atoms with Gasteiger partial charge in [0.25, 0.3) is 5.91 Å². The fourth-order valence-corrected chi connectivity index (χ4v) is 3.68. The van der Waals surface area contributed by atoms with E-state index in [9.17, 15) is 9.18 Å². The lowest BCUT2D eigenvalue weighted by Crippen LogP contribution is -2.49. The number of nitrogens with zero attached hydrogens (tertiary/aromatic N) is 2. The Bertz CT molecular complexity index is 902. The maximum atomic E-state index is 15.1. The molecule has 168 valence electrons. The molecule has 0 bridgehead atoms. The predicted molar refractivity (Wildman–Crippen MR) is 120 cm³/mol. The standard InChI is InChI=1S/C23H28ClF2N3O2/c1-28(2)18-4-3-5-19(15-18)31-13-10-27-16-23(26)8-11-29(12-9-23)22(30)17-6-7-21(25)20(24)14-17/h3-7,14-15,27H,8-13,16H2,1-2H3. The second-order valence-electron chi connectivity index (χ2n) is 7.99. The molecule has 8 heteroatoms. The van der Waals surface area contributed by atoms with Crippen LogP contribution in [0.5, 0.6) is 5.75 Å². The number of piperidine rings is 1. The van der Waals surface area contributed by atoms with Crippen molar-refractivity contribution in [1.82, 2.24) is 10.2 Å². The molecule has 0 saturated carbocycles. The van der Waals surface area contributed by atoms with Crippen LogP contribution in [0.2, 0.25) is 5.02 Å². The van der Waals surface area contributed by atoms with E-state index >= 15 is 4.39 Å². The van der Waals surface area contributed by atoms with E-state index in [-0.39, 0.29) is 30.3 Å². The third-order valence-electron chi connectivity index (χ3n) is 5.44. The van der Waals surface area contributed by atoms with Crippen LogP contribution in [0.1, 0.15) is 23.2 Å². The average Bonchev–Trinajstić information content (AvgIpc) is 2.75. The molecule has 31 heavy (non-hydrogen) atoms. The van der Waals surface area contributed by atoms with Gasteiger partial charge in [-0.3, -0.25) is 4.79 Å². The topological polar surface area (TPSA) is 44.8 Å². The number of halogens is 3. The number of ether oxygens (including phenoxy) is 1. The van der Waals surface area contributed by atoms with Crippen molar-refractivity contribution in [1.29, 1.82) is 0 Å². The second-order valence-corrected chi connectivity index (χ2v) is 8.40. The number of benzene rings is 2. The largest absolute Gasteiger partial charge is 0.492 e. The minimum absolute atomic E-state index is 0.0949. The zero-order valence-corrected chi connectivity index (χ0v) is 18.6. The summed E-state index contributed by atoms with van der Waals surface area (Å²) in [5.41, 5.74) is -0.00837. The first-order chi connectivity index (χ1) is 14.8. The Labute approximate surface area is 186 Å². The molecule has 1 saturated heterocycles. The lowest BCUT2D eigenvalue weighted by atomic mass is 9.93.